The summed E-state index contributed by atoms with van der Waals surface area (Å²) in [5.74, 6) is -1.35. The van der Waals surface area contributed by atoms with Crippen LogP contribution in [0.15, 0.2) is 18.2 Å². The Morgan fingerprint density at radius 3 is 2.31 bits per heavy atom. The largest absolute Gasteiger partial charge is 0.368 e. The number of halogens is 2. The summed E-state index contributed by atoms with van der Waals surface area (Å²) in [5.41, 5.74) is 8.36. The van der Waals surface area contributed by atoms with Crippen molar-refractivity contribution in [1.29, 1.82) is 0 Å². The summed E-state index contributed by atoms with van der Waals surface area (Å²) < 4.78 is 0. The van der Waals surface area contributed by atoms with Crippen LogP contribution in [-0.4, -0.2) is 59.3 Å². The molecule has 0 bridgehead atoms. The summed E-state index contributed by atoms with van der Waals surface area (Å²) in [6.07, 6.45) is 3.02. The van der Waals surface area contributed by atoms with E-state index in [1.54, 1.807) is 18.2 Å². The van der Waals surface area contributed by atoms with E-state index in [4.69, 9.17) is 33.8 Å². The number of hydrogen-bond donors (Lipinski definition) is 2. The van der Waals surface area contributed by atoms with E-state index >= 15 is 0 Å². The highest BCUT2D eigenvalue weighted by Crippen LogP contribution is 2.30. The fourth-order valence-corrected chi connectivity index (χ4v) is 4.30. The molecule has 1 aromatic rings. The van der Waals surface area contributed by atoms with E-state index in [0.717, 1.165) is 25.9 Å². The van der Waals surface area contributed by atoms with Crippen molar-refractivity contribution < 1.29 is 19.2 Å². The minimum atomic E-state index is -0.933. The number of likely N-dealkylation sites (tertiary alicyclic amines) is 2. The van der Waals surface area contributed by atoms with E-state index in [1.165, 1.54) is 4.90 Å². The third-order valence-corrected chi connectivity index (χ3v) is 5.96. The van der Waals surface area contributed by atoms with Crippen LogP contribution in [-0.2, 0) is 19.2 Å². The minimum Gasteiger partial charge on any atom is -0.368 e. The topological polar surface area (TPSA) is 105 Å². The van der Waals surface area contributed by atoms with Crippen molar-refractivity contribution in [3.63, 3.8) is 0 Å². The summed E-state index contributed by atoms with van der Waals surface area (Å²) in [6, 6.07) is 3.28. The van der Waals surface area contributed by atoms with E-state index < -0.39 is 24.0 Å². The molecule has 29 heavy (non-hydrogen) atoms. The number of benzene rings is 1. The van der Waals surface area contributed by atoms with Gasteiger partial charge in [0.1, 0.15) is 11.7 Å². The SMILES string of the molecule is NC(=O)C(CC(C(=O)ONc1c(Cl)cccc1Cl)N1CCCC1=O)N1CCCC1. The van der Waals surface area contributed by atoms with Gasteiger partial charge in [0.05, 0.1) is 16.1 Å². The van der Waals surface area contributed by atoms with Crippen molar-refractivity contribution in [3.05, 3.63) is 28.2 Å². The molecule has 2 atom stereocenters. The molecule has 2 heterocycles. The second kappa shape index (κ2) is 9.65. The van der Waals surface area contributed by atoms with Crippen LogP contribution in [0.4, 0.5) is 5.69 Å². The molecule has 158 valence electrons. The molecule has 3 rings (SSSR count). The maximum atomic E-state index is 12.9. The normalized spacial score (nSPS) is 19.2. The van der Waals surface area contributed by atoms with E-state index in [2.05, 4.69) is 5.48 Å². The first-order chi connectivity index (χ1) is 13.9. The molecule has 2 fully saturated rings. The van der Waals surface area contributed by atoms with Gasteiger partial charge in [-0.1, -0.05) is 29.3 Å². The molecule has 3 N–H and O–H groups in total. The van der Waals surface area contributed by atoms with Crippen molar-refractivity contribution in [2.24, 2.45) is 5.73 Å². The lowest BCUT2D eigenvalue weighted by molar-refractivity contribution is -0.152. The van der Waals surface area contributed by atoms with Crippen molar-refractivity contribution >= 4 is 46.7 Å². The first-order valence-corrected chi connectivity index (χ1v) is 10.4. The molecule has 0 radical (unpaired) electrons. The molecule has 2 amide bonds. The number of primary amides is 1. The van der Waals surface area contributed by atoms with Gasteiger partial charge >= 0.3 is 5.97 Å². The predicted octanol–water partition coefficient (Wildman–Crippen LogP) is 2.19. The quantitative estimate of drug-likeness (QED) is 0.597. The van der Waals surface area contributed by atoms with Gasteiger partial charge in [-0.15, -0.1) is 0 Å². The molecule has 2 unspecified atom stereocenters. The summed E-state index contributed by atoms with van der Waals surface area (Å²) in [7, 11) is 0. The lowest BCUT2D eigenvalue weighted by Crippen LogP contribution is -2.51. The second-order valence-electron chi connectivity index (χ2n) is 7.22. The van der Waals surface area contributed by atoms with Crippen LogP contribution >= 0.6 is 23.2 Å². The lowest BCUT2D eigenvalue weighted by atomic mass is 10.0. The van der Waals surface area contributed by atoms with Gasteiger partial charge in [0.25, 0.3) is 0 Å². The molecule has 10 heteroatoms. The highest BCUT2D eigenvalue weighted by atomic mass is 35.5. The van der Waals surface area contributed by atoms with E-state index in [9.17, 15) is 14.4 Å². The fourth-order valence-electron chi connectivity index (χ4n) is 3.82. The van der Waals surface area contributed by atoms with E-state index in [-0.39, 0.29) is 28.1 Å². The smallest absolute Gasteiger partial charge is 0.354 e. The zero-order chi connectivity index (χ0) is 21.0. The number of nitrogens with one attached hydrogen (secondary N) is 1. The van der Waals surface area contributed by atoms with Crippen LogP contribution < -0.4 is 11.2 Å². The van der Waals surface area contributed by atoms with Crippen molar-refractivity contribution in [3.8, 4) is 0 Å². The van der Waals surface area contributed by atoms with Gasteiger partial charge in [-0.3, -0.25) is 14.5 Å². The van der Waals surface area contributed by atoms with Crippen LogP contribution in [0, 0.1) is 0 Å². The monoisotopic (exact) mass is 442 g/mol. The number of carbonyl (C=O) groups excluding carboxylic acids is 3. The molecule has 0 aliphatic carbocycles. The summed E-state index contributed by atoms with van der Waals surface area (Å²) >= 11 is 12.2. The number of nitrogens with two attached hydrogens (primary N) is 1. The Bertz CT molecular complexity index is 765. The van der Waals surface area contributed by atoms with Gasteiger partial charge in [-0.2, -0.15) is 0 Å². The molecular formula is C19H24Cl2N4O4. The Balaban J connectivity index is 1.76. The lowest BCUT2D eigenvalue weighted by Gasteiger charge is -2.32. The number of rotatable bonds is 8. The molecule has 2 aliphatic rings. The van der Waals surface area contributed by atoms with Crippen molar-refractivity contribution in [2.45, 2.75) is 44.2 Å². The Labute approximate surface area is 179 Å². The number of amides is 2. The van der Waals surface area contributed by atoms with Gasteiger partial charge in [0.15, 0.2) is 0 Å². The molecule has 0 saturated carbocycles. The number of carbonyl (C=O) groups is 3. The third-order valence-electron chi connectivity index (χ3n) is 5.33. The zero-order valence-corrected chi connectivity index (χ0v) is 17.4. The first-order valence-electron chi connectivity index (χ1n) is 9.62. The Morgan fingerprint density at radius 1 is 1.10 bits per heavy atom. The molecule has 0 aromatic heterocycles. The van der Waals surface area contributed by atoms with Crippen LogP contribution in [0.5, 0.6) is 0 Å². The van der Waals surface area contributed by atoms with Gasteiger partial charge in [-0.05, 0) is 44.5 Å². The average Bonchev–Trinajstić information content (AvgIpc) is 3.34. The fraction of sp³-hybridized carbons (Fsp3) is 0.526. The van der Waals surface area contributed by atoms with Gasteiger partial charge in [-0.25, -0.2) is 10.3 Å². The number of hydrogen-bond acceptors (Lipinski definition) is 6. The maximum absolute atomic E-state index is 12.9. The summed E-state index contributed by atoms with van der Waals surface area (Å²) in [4.78, 5) is 46.0. The number of nitrogens with zero attached hydrogens (tertiary/aromatic N) is 2. The first kappa shape index (κ1) is 21.7. The van der Waals surface area contributed by atoms with Crippen molar-refractivity contribution in [1.82, 2.24) is 9.80 Å². The van der Waals surface area contributed by atoms with Gasteiger partial charge in [0, 0.05) is 19.4 Å². The third kappa shape index (κ3) is 5.12. The van der Waals surface area contributed by atoms with Crippen LogP contribution in [0.3, 0.4) is 0 Å². The summed E-state index contributed by atoms with van der Waals surface area (Å²) in [5, 5.41) is 0.567. The van der Waals surface area contributed by atoms with Crippen molar-refractivity contribution in [2.75, 3.05) is 25.1 Å². The average molecular weight is 443 g/mol. The predicted molar refractivity (Wildman–Crippen MR) is 109 cm³/mol. The molecule has 8 nitrogen and oxygen atoms in total. The number of para-hydroxylation sites is 1. The molecule has 0 spiro atoms. The van der Waals surface area contributed by atoms with Gasteiger partial charge < -0.3 is 15.5 Å². The highest BCUT2D eigenvalue weighted by molar-refractivity contribution is 6.39. The molecule has 2 aliphatic heterocycles. The molecule has 1 aromatic carbocycles. The second-order valence-corrected chi connectivity index (χ2v) is 8.04. The highest BCUT2D eigenvalue weighted by Gasteiger charge is 2.39. The zero-order valence-electron chi connectivity index (χ0n) is 15.9. The molecular weight excluding hydrogens is 419 g/mol. The molecule has 2 saturated heterocycles. The Morgan fingerprint density at radius 2 is 1.76 bits per heavy atom. The Kier molecular flexibility index (Phi) is 7.21. The van der Waals surface area contributed by atoms with E-state index in [0.29, 0.717) is 19.4 Å². The maximum Gasteiger partial charge on any atom is 0.354 e. The minimum absolute atomic E-state index is 0.0812. The van der Waals surface area contributed by atoms with Crippen LogP contribution in [0.1, 0.15) is 32.1 Å². The van der Waals surface area contributed by atoms with E-state index in [1.807, 2.05) is 4.90 Å². The van der Waals surface area contributed by atoms with Crippen LogP contribution in [0.2, 0.25) is 10.0 Å². The Hall–Kier alpha value is -2.03. The van der Waals surface area contributed by atoms with Crippen LogP contribution in [0.25, 0.3) is 0 Å². The number of anilines is 1. The summed E-state index contributed by atoms with van der Waals surface area (Å²) in [6.45, 7) is 1.89. The van der Waals surface area contributed by atoms with Gasteiger partial charge in [0.2, 0.25) is 11.8 Å². The standard InChI is InChI=1S/C19H24Cl2N4O4/c20-12-5-3-6-13(21)17(12)23-29-19(28)15(25-10-4-7-16(25)26)11-14(18(22)27)24-8-1-2-9-24/h3,5-6,14-15,23H,1-2,4,7-11H2,(H2,22,27).